The molecule has 0 aliphatic rings. The summed E-state index contributed by atoms with van der Waals surface area (Å²) in [5, 5.41) is 9.63. The molecule has 4 rings (SSSR count). The quantitative estimate of drug-likeness (QED) is 0.364. The number of nitrogens with two attached hydrogens (primary N) is 1. The van der Waals surface area contributed by atoms with Gasteiger partial charge in [0, 0.05) is 17.4 Å². The van der Waals surface area contributed by atoms with E-state index in [1.165, 1.54) is 12.1 Å². The molecule has 4 N–H and O–H groups in total. The topological polar surface area (TPSA) is 102 Å². The average Bonchev–Trinajstić information content (AvgIpc) is 3.08. The van der Waals surface area contributed by atoms with Gasteiger partial charge < -0.3 is 25.6 Å². The number of nitrogen functional groups attached to an aromatic ring is 1. The number of fused-ring (bicyclic) bond motifs is 1. The zero-order chi connectivity index (χ0) is 22.9. The molecule has 2 amide bonds. The fourth-order valence-corrected chi connectivity index (χ4v) is 3.35. The van der Waals surface area contributed by atoms with Gasteiger partial charge in [0.1, 0.15) is 5.75 Å². The lowest BCUT2D eigenvalue weighted by molar-refractivity contribution is -0.274. The lowest BCUT2D eigenvalue weighted by atomic mass is 9.97. The number of hydrogen-bond acceptors (Lipinski definition) is 5. The average molecular weight is 442 g/mol. The largest absolute Gasteiger partial charge is 0.573 e. The molecule has 3 aromatic carbocycles. The van der Waals surface area contributed by atoms with Crippen molar-refractivity contribution in [2.24, 2.45) is 0 Å². The summed E-state index contributed by atoms with van der Waals surface area (Å²) in [6, 6.07) is 15.2. The molecule has 4 aromatic rings. The Hall–Kier alpha value is -4.21. The Morgan fingerprint density at radius 3 is 2.44 bits per heavy atom. The van der Waals surface area contributed by atoms with Crippen LogP contribution in [-0.2, 0) is 0 Å². The summed E-state index contributed by atoms with van der Waals surface area (Å²) in [5.74, 6) is -0.147. The zero-order valence-electron chi connectivity index (χ0n) is 16.7. The van der Waals surface area contributed by atoms with E-state index in [-0.39, 0.29) is 11.5 Å². The van der Waals surface area contributed by atoms with Gasteiger partial charge in [0.15, 0.2) is 11.4 Å². The number of carbonyl (C=O) groups is 1. The van der Waals surface area contributed by atoms with Crippen LogP contribution in [0.25, 0.3) is 22.1 Å². The highest BCUT2D eigenvalue weighted by Gasteiger charge is 2.31. The van der Waals surface area contributed by atoms with E-state index in [1.54, 1.807) is 18.2 Å². The predicted octanol–water partition coefficient (Wildman–Crippen LogP) is 5.93. The van der Waals surface area contributed by atoms with Gasteiger partial charge in [-0.1, -0.05) is 29.4 Å². The van der Waals surface area contributed by atoms with Gasteiger partial charge in [-0.15, -0.1) is 13.2 Å². The molecule has 0 spiro atoms. The van der Waals surface area contributed by atoms with Gasteiger partial charge in [-0.3, -0.25) is 0 Å². The fourth-order valence-electron chi connectivity index (χ4n) is 3.35. The van der Waals surface area contributed by atoms with E-state index in [4.69, 9.17) is 10.3 Å². The van der Waals surface area contributed by atoms with Crippen LogP contribution in [0.2, 0.25) is 0 Å². The second kappa shape index (κ2) is 8.14. The molecule has 0 unspecified atom stereocenters. The van der Waals surface area contributed by atoms with Crippen molar-refractivity contribution >= 4 is 34.2 Å². The van der Waals surface area contributed by atoms with E-state index in [2.05, 4.69) is 20.5 Å². The summed E-state index contributed by atoms with van der Waals surface area (Å²) in [6.45, 7) is 1.87. The van der Waals surface area contributed by atoms with Gasteiger partial charge in [0.25, 0.3) is 0 Å². The lowest BCUT2D eigenvalue weighted by Gasteiger charge is -2.13. The smallest absolute Gasteiger partial charge is 0.406 e. The molecule has 0 radical (unpaired) electrons. The lowest BCUT2D eigenvalue weighted by Crippen LogP contribution is -2.20. The number of aryl methyl sites for hydroxylation is 1. The van der Waals surface area contributed by atoms with E-state index < -0.39 is 18.1 Å². The van der Waals surface area contributed by atoms with E-state index in [0.29, 0.717) is 16.7 Å². The molecule has 7 nitrogen and oxygen atoms in total. The van der Waals surface area contributed by atoms with E-state index >= 15 is 0 Å². The number of anilines is 3. The van der Waals surface area contributed by atoms with Crippen LogP contribution in [0.5, 0.6) is 5.75 Å². The highest BCUT2D eigenvalue weighted by atomic mass is 19.4. The minimum atomic E-state index is -4.82. The van der Waals surface area contributed by atoms with Crippen LogP contribution in [0.4, 0.5) is 35.2 Å². The van der Waals surface area contributed by atoms with Crippen LogP contribution in [-0.4, -0.2) is 17.6 Å². The van der Waals surface area contributed by atoms with Crippen LogP contribution >= 0.6 is 0 Å². The van der Waals surface area contributed by atoms with Crippen LogP contribution < -0.4 is 21.1 Å². The van der Waals surface area contributed by atoms with Crippen molar-refractivity contribution in [1.29, 1.82) is 0 Å². The number of aromatic nitrogens is 1. The summed E-state index contributed by atoms with van der Waals surface area (Å²) in [5.41, 5.74) is 9.73. The molecule has 0 aliphatic carbocycles. The predicted molar refractivity (Wildman–Crippen MR) is 114 cm³/mol. The first-order chi connectivity index (χ1) is 15.2. The molecule has 0 aliphatic heterocycles. The number of rotatable bonds is 4. The van der Waals surface area contributed by atoms with Gasteiger partial charge >= 0.3 is 12.4 Å². The summed E-state index contributed by atoms with van der Waals surface area (Å²) in [7, 11) is 0. The van der Waals surface area contributed by atoms with Gasteiger partial charge in [-0.2, -0.15) is 0 Å². The van der Waals surface area contributed by atoms with Gasteiger partial charge in [-0.25, -0.2) is 4.79 Å². The van der Waals surface area contributed by atoms with Crippen molar-refractivity contribution in [3.8, 4) is 16.9 Å². The molecule has 0 saturated heterocycles. The third-order valence-electron chi connectivity index (χ3n) is 4.62. The van der Waals surface area contributed by atoms with Crippen LogP contribution in [0.1, 0.15) is 5.56 Å². The van der Waals surface area contributed by atoms with Crippen molar-refractivity contribution in [2.75, 3.05) is 16.4 Å². The third kappa shape index (κ3) is 4.59. The van der Waals surface area contributed by atoms with Gasteiger partial charge in [0.2, 0.25) is 0 Å². The van der Waals surface area contributed by atoms with Crippen molar-refractivity contribution < 1.29 is 27.2 Å². The summed E-state index contributed by atoms with van der Waals surface area (Å²) >= 11 is 0. The summed E-state index contributed by atoms with van der Waals surface area (Å²) < 4.78 is 46.2. The summed E-state index contributed by atoms with van der Waals surface area (Å²) in [4.78, 5) is 12.3. The molecule has 0 saturated carbocycles. The highest BCUT2D eigenvalue weighted by Crippen LogP contribution is 2.35. The maximum absolute atomic E-state index is 12.4. The number of benzene rings is 3. The van der Waals surface area contributed by atoms with Crippen molar-refractivity contribution in [3.63, 3.8) is 0 Å². The zero-order valence-corrected chi connectivity index (χ0v) is 16.7. The Morgan fingerprint density at radius 1 is 1.00 bits per heavy atom. The number of urea groups is 1. The van der Waals surface area contributed by atoms with Crippen molar-refractivity contribution in [2.45, 2.75) is 13.3 Å². The Balaban J connectivity index is 1.50. The Kier molecular flexibility index (Phi) is 5.35. The van der Waals surface area contributed by atoms with Gasteiger partial charge in [-0.05, 0) is 53.9 Å². The van der Waals surface area contributed by atoms with Crippen molar-refractivity contribution in [3.05, 3.63) is 66.2 Å². The second-order valence-electron chi connectivity index (χ2n) is 6.93. The number of carbonyl (C=O) groups excluding carboxylic acids is 1. The molecular weight excluding hydrogens is 425 g/mol. The van der Waals surface area contributed by atoms with Crippen LogP contribution in [0, 0.1) is 6.92 Å². The SMILES string of the molecule is Cc1cc(NC(=O)Nc2cccc(OC(F)(F)F)c2)ccc1-c1cccc2onc(N)c12. The summed E-state index contributed by atoms with van der Waals surface area (Å²) in [6.07, 6.45) is -4.82. The number of alkyl halides is 3. The molecule has 0 atom stereocenters. The maximum atomic E-state index is 12.4. The molecular formula is C22H17F3N4O3. The molecule has 0 fully saturated rings. The number of nitrogens with one attached hydrogen (secondary N) is 2. The molecule has 1 heterocycles. The van der Waals surface area contributed by atoms with E-state index in [1.807, 2.05) is 25.1 Å². The van der Waals surface area contributed by atoms with Crippen LogP contribution in [0.15, 0.2) is 65.2 Å². The minimum absolute atomic E-state index is 0.146. The minimum Gasteiger partial charge on any atom is -0.406 e. The third-order valence-corrected chi connectivity index (χ3v) is 4.62. The molecule has 32 heavy (non-hydrogen) atoms. The monoisotopic (exact) mass is 442 g/mol. The number of halogens is 3. The molecule has 0 bridgehead atoms. The normalized spacial score (nSPS) is 11.4. The Labute approximate surface area is 179 Å². The first-order valence-corrected chi connectivity index (χ1v) is 9.38. The fraction of sp³-hybridized carbons (Fsp3) is 0.0909. The number of ether oxygens (including phenoxy) is 1. The number of hydrogen-bond donors (Lipinski definition) is 3. The number of nitrogens with zero attached hydrogens (tertiary/aromatic N) is 1. The van der Waals surface area contributed by atoms with Crippen molar-refractivity contribution in [1.82, 2.24) is 5.16 Å². The van der Waals surface area contributed by atoms with E-state index in [9.17, 15) is 18.0 Å². The highest BCUT2D eigenvalue weighted by molar-refractivity contribution is 6.02. The number of amides is 2. The Bertz CT molecular complexity index is 1300. The molecule has 164 valence electrons. The molecule has 1 aromatic heterocycles. The van der Waals surface area contributed by atoms with Crippen LogP contribution in [0.3, 0.4) is 0 Å². The first-order valence-electron chi connectivity index (χ1n) is 9.38. The van der Waals surface area contributed by atoms with E-state index in [0.717, 1.165) is 28.8 Å². The van der Waals surface area contributed by atoms with Gasteiger partial charge in [0.05, 0.1) is 5.39 Å². The first kappa shape index (κ1) is 21.0. The molecule has 10 heteroatoms. The second-order valence-corrected chi connectivity index (χ2v) is 6.93. The standard InChI is InChI=1S/C22H17F3N4O3/c1-12-10-14(8-9-16(12)17-6-3-7-18-19(17)20(26)29-32-18)28-21(30)27-13-4-2-5-15(11-13)31-22(23,24)25/h2-11H,1H3,(H2,26,29)(H2,27,28,30). The maximum Gasteiger partial charge on any atom is 0.573 e. The Morgan fingerprint density at radius 2 is 1.72 bits per heavy atom.